The van der Waals surface area contributed by atoms with Crippen molar-refractivity contribution in [1.82, 2.24) is 9.97 Å². The number of unbranched alkanes of at least 4 members (excludes halogenated alkanes) is 4. The highest BCUT2D eigenvalue weighted by Crippen LogP contribution is 2.16. The maximum atomic E-state index is 12.0. The predicted octanol–water partition coefficient (Wildman–Crippen LogP) is 5.22. The molecule has 0 atom stereocenters. The summed E-state index contributed by atoms with van der Waals surface area (Å²) < 4.78 is 5.27. The molecule has 0 bridgehead atoms. The summed E-state index contributed by atoms with van der Waals surface area (Å²) in [6, 6.07) is 7.29. The second-order valence-electron chi connectivity index (χ2n) is 6.29. The van der Waals surface area contributed by atoms with E-state index in [1.54, 1.807) is 12.1 Å². The summed E-state index contributed by atoms with van der Waals surface area (Å²) in [5, 5.41) is 0. The fourth-order valence-corrected chi connectivity index (χ4v) is 2.57. The monoisotopic (exact) mass is 340 g/mol. The molecule has 25 heavy (non-hydrogen) atoms. The molecule has 0 saturated carbocycles. The minimum atomic E-state index is -0.269. The first kappa shape index (κ1) is 19.1. The highest BCUT2D eigenvalue weighted by Gasteiger charge is 2.08. The number of rotatable bonds is 10. The Bertz CT molecular complexity index is 636. The van der Waals surface area contributed by atoms with Gasteiger partial charge in [0.15, 0.2) is 5.82 Å². The Morgan fingerprint density at radius 1 is 0.920 bits per heavy atom. The Labute approximate surface area is 150 Å². The number of carbonyl (C=O) groups excluding carboxylic acids is 1. The van der Waals surface area contributed by atoms with Crippen LogP contribution in [0.15, 0.2) is 36.7 Å². The molecule has 2 aromatic rings. The van der Waals surface area contributed by atoms with Gasteiger partial charge in [-0.1, -0.05) is 51.7 Å². The van der Waals surface area contributed by atoms with Gasteiger partial charge in [0.25, 0.3) is 0 Å². The first-order valence-electron chi connectivity index (χ1n) is 9.33. The van der Waals surface area contributed by atoms with Crippen molar-refractivity contribution >= 4 is 5.97 Å². The van der Waals surface area contributed by atoms with Gasteiger partial charge in [0, 0.05) is 18.0 Å². The van der Waals surface area contributed by atoms with Gasteiger partial charge in [0.2, 0.25) is 0 Å². The van der Waals surface area contributed by atoms with E-state index in [0.717, 1.165) is 31.2 Å². The van der Waals surface area contributed by atoms with Crippen LogP contribution in [0.4, 0.5) is 0 Å². The van der Waals surface area contributed by atoms with Crippen LogP contribution in [-0.4, -0.2) is 22.5 Å². The number of carbonyl (C=O) groups is 1. The zero-order valence-electron chi connectivity index (χ0n) is 15.3. The predicted molar refractivity (Wildman–Crippen MR) is 101 cm³/mol. The molecule has 1 heterocycles. The van der Waals surface area contributed by atoms with E-state index < -0.39 is 0 Å². The van der Waals surface area contributed by atoms with Gasteiger partial charge in [0.05, 0.1) is 12.2 Å². The molecule has 0 amide bonds. The fraction of sp³-hybridized carbons (Fsp3) is 0.476. The van der Waals surface area contributed by atoms with Crippen molar-refractivity contribution in [3.63, 3.8) is 0 Å². The van der Waals surface area contributed by atoms with E-state index in [2.05, 4.69) is 23.8 Å². The molecule has 0 fully saturated rings. The van der Waals surface area contributed by atoms with Gasteiger partial charge >= 0.3 is 5.97 Å². The van der Waals surface area contributed by atoms with Crippen LogP contribution in [0.3, 0.4) is 0 Å². The van der Waals surface area contributed by atoms with Crippen LogP contribution in [0.1, 0.15) is 68.3 Å². The molecule has 4 nitrogen and oxygen atoms in total. The maximum Gasteiger partial charge on any atom is 0.338 e. The molecule has 0 aliphatic heterocycles. The van der Waals surface area contributed by atoms with Crippen LogP contribution in [0.25, 0.3) is 11.4 Å². The Kier molecular flexibility index (Phi) is 8.10. The third kappa shape index (κ3) is 6.29. The topological polar surface area (TPSA) is 52.1 Å². The Morgan fingerprint density at radius 3 is 2.20 bits per heavy atom. The van der Waals surface area contributed by atoms with Gasteiger partial charge in [0.1, 0.15) is 0 Å². The number of benzene rings is 1. The Hall–Kier alpha value is -2.23. The number of ether oxygens (including phenoxy) is 1. The van der Waals surface area contributed by atoms with E-state index in [1.165, 1.54) is 24.8 Å². The molecular weight excluding hydrogens is 312 g/mol. The van der Waals surface area contributed by atoms with Gasteiger partial charge < -0.3 is 4.74 Å². The fourth-order valence-electron chi connectivity index (χ4n) is 2.57. The SMILES string of the molecule is CCCCCOC(=O)c1ccc(-c2ncc(CCCCC)cn2)cc1. The van der Waals surface area contributed by atoms with Crippen molar-refractivity contribution < 1.29 is 9.53 Å². The zero-order valence-corrected chi connectivity index (χ0v) is 15.3. The molecule has 1 aromatic heterocycles. The summed E-state index contributed by atoms with van der Waals surface area (Å²) >= 11 is 0. The standard InChI is InChI=1S/C21H28N2O2/c1-3-5-7-9-17-15-22-20(23-16-17)18-10-12-19(13-11-18)21(24)25-14-8-6-4-2/h10-13,15-16H,3-9,14H2,1-2H3. The summed E-state index contributed by atoms with van der Waals surface area (Å²) in [6.45, 7) is 4.81. The molecule has 0 aliphatic rings. The van der Waals surface area contributed by atoms with Crippen LogP contribution < -0.4 is 0 Å². The van der Waals surface area contributed by atoms with Crippen molar-refractivity contribution in [2.75, 3.05) is 6.61 Å². The molecule has 1 aromatic carbocycles. The van der Waals surface area contributed by atoms with Crippen LogP contribution in [0.2, 0.25) is 0 Å². The van der Waals surface area contributed by atoms with Crippen LogP contribution in [-0.2, 0) is 11.2 Å². The van der Waals surface area contributed by atoms with Crippen LogP contribution in [0.5, 0.6) is 0 Å². The highest BCUT2D eigenvalue weighted by atomic mass is 16.5. The molecule has 0 radical (unpaired) electrons. The summed E-state index contributed by atoms with van der Waals surface area (Å²) in [7, 11) is 0. The van der Waals surface area contributed by atoms with Crippen molar-refractivity contribution in [1.29, 1.82) is 0 Å². The zero-order chi connectivity index (χ0) is 17.9. The van der Waals surface area contributed by atoms with E-state index in [-0.39, 0.29) is 5.97 Å². The van der Waals surface area contributed by atoms with Crippen molar-refractivity contribution in [3.8, 4) is 11.4 Å². The normalized spacial score (nSPS) is 10.6. The van der Waals surface area contributed by atoms with Gasteiger partial charge in [-0.15, -0.1) is 0 Å². The first-order valence-corrected chi connectivity index (χ1v) is 9.33. The lowest BCUT2D eigenvalue weighted by Gasteiger charge is -2.06. The summed E-state index contributed by atoms with van der Waals surface area (Å²) in [5.41, 5.74) is 2.64. The number of esters is 1. The lowest BCUT2D eigenvalue weighted by Crippen LogP contribution is -2.06. The van der Waals surface area contributed by atoms with Gasteiger partial charge in [-0.05, 0) is 37.0 Å². The molecule has 0 aliphatic carbocycles. The van der Waals surface area contributed by atoms with E-state index in [4.69, 9.17) is 4.74 Å². The molecule has 4 heteroatoms. The summed E-state index contributed by atoms with van der Waals surface area (Å²) in [4.78, 5) is 20.9. The molecule has 0 unspecified atom stereocenters. The van der Waals surface area contributed by atoms with Crippen LogP contribution >= 0.6 is 0 Å². The average molecular weight is 340 g/mol. The van der Waals surface area contributed by atoms with Gasteiger partial charge in [-0.25, -0.2) is 14.8 Å². The molecule has 134 valence electrons. The van der Waals surface area contributed by atoms with E-state index in [1.807, 2.05) is 24.5 Å². The largest absolute Gasteiger partial charge is 0.462 e. The molecule has 0 spiro atoms. The van der Waals surface area contributed by atoms with Gasteiger partial charge in [-0.2, -0.15) is 0 Å². The molecule has 0 N–H and O–H groups in total. The quantitative estimate of drug-likeness (QED) is 0.439. The lowest BCUT2D eigenvalue weighted by atomic mass is 10.1. The smallest absolute Gasteiger partial charge is 0.338 e. The molecule has 2 rings (SSSR count). The average Bonchev–Trinajstić information content (AvgIpc) is 2.66. The van der Waals surface area contributed by atoms with E-state index >= 15 is 0 Å². The number of aryl methyl sites for hydroxylation is 1. The van der Waals surface area contributed by atoms with Crippen molar-refractivity contribution in [2.45, 2.75) is 58.8 Å². The summed E-state index contributed by atoms with van der Waals surface area (Å²) in [6.07, 6.45) is 11.6. The summed E-state index contributed by atoms with van der Waals surface area (Å²) in [5.74, 6) is 0.414. The number of nitrogens with zero attached hydrogens (tertiary/aromatic N) is 2. The van der Waals surface area contributed by atoms with Crippen molar-refractivity contribution in [3.05, 3.63) is 47.8 Å². The highest BCUT2D eigenvalue weighted by molar-refractivity contribution is 5.89. The van der Waals surface area contributed by atoms with Crippen LogP contribution in [0, 0.1) is 0 Å². The van der Waals surface area contributed by atoms with E-state index in [0.29, 0.717) is 18.0 Å². The van der Waals surface area contributed by atoms with Gasteiger partial charge in [-0.3, -0.25) is 0 Å². The second kappa shape index (κ2) is 10.6. The first-order chi connectivity index (χ1) is 12.2. The number of hydrogen-bond acceptors (Lipinski definition) is 4. The number of hydrogen-bond donors (Lipinski definition) is 0. The molecule has 0 saturated heterocycles. The molecular formula is C21H28N2O2. The minimum Gasteiger partial charge on any atom is -0.462 e. The third-order valence-corrected chi connectivity index (χ3v) is 4.13. The minimum absolute atomic E-state index is 0.269. The van der Waals surface area contributed by atoms with E-state index in [9.17, 15) is 4.79 Å². The Morgan fingerprint density at radius 2 is 1.56 bits per heavy atom. The lowest BCUT2D eigenvalue weighted by molar-refractivity contribution is 0.0498. The number of aromatic nitrogens is 2. The van der Waals surface area contributed by atoms with Crippen molar-refractivity contribution in [2.24, 2.45) is 0 Å². The Balaban J connectivity index is 1.91. The second-order valence-corrected chi connectivity index (χ2v) is 6.29. The maximum absolute atomic E-state index is 12.0. The third-order valence-electron chi connectivity index (χ3n) is 4.13.